The lowest BCUT2D eigenvalue weighted by Gasteiger charge is -2.26. The smallest absolute Gasteiger partial charge is 0.425 e. The maximum Gasteiger partial charge on any atom is 0.557 e. The summed E-state index contributed by atoms with van der Waals surface area (Å²) in [7, 11) is -1.19. The highest BCUT2D eigenvalue weighted by Gasteiger charge is 2.75. The first-order valence-corrected chi connectivity index (χ1v) is 6.12. The maximum absolute atomic E-state index is 13.3. The van der Waals surface area contributed by atoms with Crippen LogP contribution < -0.4 is 0 Å². The summed E-state index contributed by atoms with van der Waals surface area (Å²) in [6.07, 6.45) is -6.49. The van der Waals surface area contributed by atoms with Gasteiger partial charge in [-0.1, -0.05) is 0 Å². The van der Waals surface area contributed by atoms with E-state index in [0.29, 0.717) is 0 Å². The molecule has 0 radical (unpaired) electrons. The van der Waals surface area contributed by atoms with Crippen molar-refractivity contribution >= 4 is 27.4 Å². The molecule has 0 aliphatic rings. The molecule has 1 atom stereocenters. The first-order chi connectivity index (χ1) is 8.86. The molecular formula is C8H4ClF7NO2S+. The van der Waals surface area contributed by atoms with Gasteiger partial charge in [0.1, 0.15) is 10.5 Å². The molecule has 114 valence electrons. The van der Waals surface area contributed by atoms with Crippen molar-refractivity contribution in [3.63, 3.8) is 0 Å². The first-order valence-electron chi connectivity index (χ1n) is 4.46. The van der Waals surface area contributed by atoms with Crippen LogP contribution in [0.5, 0.6) is 0 Å². The van der Waals surface area contributed by atoms with Crippen LogP contribution in [0.1, 0.15) is 5.69 Å². The molecule has 3 nitrogen and oxygen atoms in total. The van der Waals surface area contributed by atoms with E-state index in [1.54, 1.807) is 0 Å². The Hall–Kier alpha value is -1.10. The Labute approximate surface area is 114 Å². The molecule has 12 heteroatoms. The van der Waals surface area contributed by atoms with E-state index >= 15 is 0 Å². The Morgan fingerprint density at radius 3 is 2.15 bits per heavy atom. The molecular weight excluding hydrogens is 343 g/mol. The molecule has 0 saturated carbocycles. The van der Waals surface area contributed by atoms with E-state index in [0.717, 1.165) is 7.11 Å². The maximum atomic E-state index is 13.3. The number of thiazole rings is 1. The second kappa shape index (κ2) is 5.02. The van der Waals surface area contributed by atoms with E-state index < -0.39 is 44.0 Å². The molecule has 1 heterocycles. The monoisotopic (exact) mass is 346 g/mol. The first kappa shape index (κ1) is 17.0. The fourth-order valence-electron chi connectivity index (χ4n) is 1.02. The van der Waals surface area contributed by atoms with E-state index in [2.05, 4.69) is 9.72 Å². The summed E-state index contributed by atoms with van der Waals surface area (Å²) in [5, 5.41) is -1.06. The van der Waals surface area contributed by atoms with E-state index in [1.807, 2.05) is 0 Å². The van der Waals surface area contributed by atoms with Crippen LogP contribution in [-0.2, 0) is 10.7 Å². The molecule has 0 bridgehead atoms. The molecule has 0 amide bonds. The van der Waals surface area contributed by atoms with E-state index in [4.69, 9.17) is 11.6 Å². The summed E-state index contributed by atoms with van der Waals surface area (Å²) in [4.78, 5) is 13.8. The highest BCUT2D eigenvalue weighted by molar-refractivity contribution is 7.51. The van der Waals surface area contributed by atoms with E-state index in [1.165, 1.54) is 0 Å². The summed E-state index contributed by atoms with van der Waals surface area (Å²) in [5.74, 6) is -12.0. The molecule has 0 fully saturated rings. The summed E-state index contributed by atoms with van der Waals surface area (Å²) < 4.78 is 91.2. The minimum atomic E-state index is -6.49. The Morgan fingerprint density at radius 1 is 1.25 bits per heavy atom. The molecule has 0 aromatic carbocycles. The number of nitrogens with zero attached hydrogens (tertiary/aromatic N) is 1. The third-order valence-corrected chi connectivity index (χ3v) is 4.06. The summed E-state index contributed by atoms with van der Waals surface area (Å²) in [6, 6.07) is 0. The number of rotatable bonds is 3. The molecule has 20 heavy (non-hydrogen) atoms. The van der Waals surface area contributed by atoms with Gasteiger partial charge in [-0.15, -0.1) is 0 Å². The van der Waals surface area contributed by atoms with Crippen LogP contribution >= 0.6 is 22.1 Å². The standard InChI is InChI=1S/C8H4ClF7NO2S/c1-19-5(18)20-2-3(17-4(20)9)6(10,11)7(12,13)8(14,15)16/h2H,1H3/q+1. The van der Waals surface area contributed by atoms with Gasteiger partial charge in [-0.05, 0) is 11.6 Å². The number of halogens is 8. The average molecular weight is 347 g/mol. The predicted molar refractivity (Wildman–Crippen MR) is 54.4 cm³/mol. The minimum Gasteiger partial charge on any atom is -0.425 e. The molecule has 0 aliphatic heterocycles. The van der Waals surface area contributed by atoms with Crippen molar-refractivity contribution in [2.45, 2.75) is 18.0 Å². The van der Waals surface area contributed by atoms with Crippen molar-refractivity contribution < 1.29 is 40.3 Å². The zero-order valence-corrected chi connectivity index (χ0v) is 10.8. The van der Waals surface area contributed by atoms with Crippen LogP contribution in [0.25, 0.3) is 0 Å². The van der Waals surface area contributed by atoms with Crippen LogP contribution in [0.4, 0.5) is 35.5 Å². The molecule has 1 rings (SSSR count). The zero-order chi connectivity index (χ0) is 15.9. The lowest BCUT2D eigenvalue weighted by Crippen LogP contribution is -2.50. The van der Waals surface area contributed by atoms with Gasteiger partial charge in [-0.25, -0.2) is 0 Å². The van der Waals surface area contributed by atoms with Crippen molar-refractivity contribution in [1.82, 2.24) is 4.98 Å². The van der Waals surface area contributed by atoms with Gasteiger partial charge in [-0.2, -0.15) is 40.5 Å². The Morgan fingerprint density at radius 2 is 1.75 bits per heavy atom. The van der Waals surface area contributed by atoms with Gasteiger partial charge < -0.3 is 4.74 Å². The molecule has 1 aromatic rings. The second-order valence-corrected chi connectivity index (χ2v) is 5.52. The average Bonchev–Trinajstić information content (AvgIpc) is 2.69. The highest BCUT2D eigenvalue weighted by Crippen LogP contribution is 2.52. The number of alkyl halides is 7. The lowest BCUT2D eigenvalue weighted by atomic mass is 10.1. The van der Waals surface area contributed by atoms with Gasteiger partial charge in [0.05, 0.1) is 7.11 Å². The predicted octanol–water partition coefficient (Wildman–Crippen LogP) is 4.39. The van der Waals surface area contributed by atoms with Gasteiger partial charge in [0.15, 0.2) is 11.1 Å². The van der Waals surface area contributed by atoms with Crippen LogP contribution in [0.2, 0.25) is 4.47 Å². The number of carbonyl (C=O) groups excluding carboxylic acids is 1. The third kappa shape index (κ3) is 2.55. The van der Waals surface area contributed by atoms with Crippen molar-refractivity contribution in [2.75, 3.05) is 7.11 Å². The number of ether oxygens (including phenoxy) is 1. The van der Waals surface area contributed by atoms with Gasteiger partial charge in [0, 0.05) is 0 Å². The highest BCUT2D eigenvalue weighted by atomic mass is 35.5. The fourth-order valence-corrected chi connectivity index (χ4v) is 2.57. The van der Waals surface area contributed by atoms with Gasteiger partial charge in [0.2, 0.25) is 0 Å². The normalized spacial score (nSPS) is 14.3. The second-order valence-electron chi connectivity index (χ2n) is 3.31. The van der Waals surface area contributed by atoms with Crippen molar-refractivity contribution in [3.8, 4) is 0 Å². The quantitative estimate of drug-likeness (QED) is 0.463. The SMILES string of the molecule is COC(=O)[s+]1cc(C(F)(F)C(F)(F)C(F)(F)F)nc1Cl. The van der Waals surface area contributed by atoms with Gasteiger partial charge in [-0.3, -0.25) is 0 Å². The van der Waals surface area contributed by atoms with E-state index in [-0.39, 0.29) is 5.38 Å². The number of hydrogen-bond donors (Lipinski definition) is 0. The third-order valence-electron chi connectivity index (χ3n) is 2.04. The van der Waals surface area contributed by atoms with Crippen LogP contribution in [0.15, 0.2) is 5.38 Å². The Bertz CT molecular complexity index is 527. The van der Waals surface area contributed by atoms with Crippen LogP contribution in [0.3, 0.4) is 0 Å². The van der Waals surface area contributed by atoms with Crippen LogP contribution in [0, 0.1) is 0 Å². The molecule has 1 unspecified atom stereocenters. The fraction of sp³-hybridized carbons (Fsp3) is 0.500. The topological polar surface area (TPSA) is 39.2 Å². The Balaban J connectivity index is 3.34. The van der Waals surface area contributed by atoms with E-state index in [9.17, 15) is 35.5 Å². The largest absolute Gasteiger partial charge is 0.557 e. The molecule has 1 aromatic heterocycles. The minimum absolute atomic E-state index is 0.133. The summed E-state index contributed by atoms with van der Waals surface area (Å²) in [6.45, 7) is 0. The van der Waals surface area contributed by atoms with Crippen LogP contribution in [-0.4, -0.2) is 29.5 Å². The molecule has 0 N–H and O–H groups in total. The lowest BCUT2D eigenvalue weighted by molar-refractivity contribution is -0.360. The zero-order valence-electron chi connectivity index (χ0n) is 9.27. The Kier molecular flexibility index (Phi) is 4.26. The number of carbonyl (C=O) groups is 1. The number of hydrogen-bond acceptors (Lipinski definition) is 3. The van der Waals surface area contributed by atoms with Crippen molar-refractivity contribution in [1.29, 1.82) is 0 Å². The summed E-state index contributed by atoms with van der Waals surface area (Å²) in [5.41, 5.74) is -1.93. The van der Waals surface area contributed by atoms with Gasteiger partial charge in [0.25, 0.3) is 0 Å². The molecule has 0 spiro atoms. The van der Waals surface area contributed by atoms with Crippen molar-refractivity contribution in [2.24, 2.45) is 0 Å². The van der Waals surface area contributed by atoms with Crippen molar-refractivity contribution in [3.05, 3.63) is 15.5 Å². The molecule has 0 saturated heterocycles. The summed E-state index contributed by atoms with van der Waals surface area (Å²) >= 11 is 5.27. The number of aromatic nitrogens is 1. The van der Waals surface area contributed by atoms with Gasteiger partial charge >= 0.3 is 27.8 Å². The molecule has 0 aliphatic carbocycles. The number of methoxy groups -OCH3 is 1.